The molecule has 0 N–H and O–H groups in total. The molecule has 0 aliphatic heterocycles. The molecular formula is C14H21ClS. The van der Waals surface area contributed by atoms with Gasteiger partial charge >= 0.3 is 0 Å². The van der Waals surface area contributed by atoms with Crippen molar-refractivity contribution in [2.24, 2.45) is 0 Å². The average molecular weight is 257 g/mol. The second-order valence-corrected chi connectivity index (χ2v) is 5.75. The van der Waals surface area contributed by atoms with Gasteiger partial charge in [0.05, 0.1) is 0 Å². The van der Waals surface area contributed by atoms with Crippen molar-refractivity contribution in [1.29, 1.82) is 0 Å². The maximum atomic E-state index is 6.08. The van der Waals surface area contributed by atoms with Gasteiger partial charge in [-0.05, 0) is 48.3 Å². The summed E-state index contributed by atoms with van der Waals surface area (Å²) >= 11 is 8.10. The second-order valence-electron chi connectivity index (χ2n) is 4.05. The lowest BCUT2D eigenvalue weighted by molar-refractivity contribution is 0.671. The molecular weight excluding hydrogens is 236 g/mol. The van der Waals surface area contributed by atoms with Crippen LogP contribution in [0.4, 0.5) is 0 Å². The molecule has 0 aromatic heterocycles. The first kappa shape index (κ1) is 13.9. The van der Waals surface area contributed by atoms with Crippen molar-refractivity contribution in [1.82, 2.24) is 0 Å². The van der Waals surface area contributed by atoms with Crippen LogP contribution < -0.4 is 0 Å². The first-order valence-corrected chi connectivity index (χ1v) is 7.67. The van der Waals surface area contributed by atoms with E-state index in [9.17, 15) is 0 Å². The molecule has 1 atom stereocenters. The van der Waals surface area contributed by atoms with Gasteiger partial charge in [-0.25, -0.2) is 0 Å². The van der Waals surface area contributed by atoms with E-state index >= 15 is 0 Å². The van der Waals surface area contributed by atoms with Crippen LogP contribution in [0.2, 0.25) is 0 Å². The van der Waals surface area contributed by atoms with Crippen LogP contribution in [0.25, 0.3) is 0 Å². The zero-order chi connectivity index (χ0) is 11.8. The molecule has 0 aliphatic rings. The first-order valence-electron chi connectivity index (χ1n) is 5.98. The molecule has 0 radical (unpaired) electrons. The van der Waals surface area contributed by atoms with Crippen molar-refractivity contribution >= 4 is 23.4 Å². The largest absolute Gasteiger partial charge is 0.162 e. The van der Waals surface area contributed by atoms with E-state index in [2.05, 4.69) is 38.1 Å². The van der Waals surface area contributed by atoms with Crippen molar-refractivity contribution in [2.45, 2.75) is 32.6 Å². The van der Waals surface area contributed by atoms with Gasteiger partial charge in [0.1, 0.15) is 0 Å². The molecule has 0 saturated carbocycles. The van der Waals surface area contributed by atoms with E-state index in [-0.39, 0.29) is 0 Å². The monoisotopic (exact) mass is 256 g/mol. The number of hydrogen-bond donors (Lipinski definition) is 0. The molecule has 0 fully saturated rings. The van der Waals surface area contributed by atoms with Gasteiger partial charge in [-0.1, -0.05) is 31.2 Å². The summed E-state index contributed by atoms with van der Waals surface area (Å²) in [5.41, 5.74) is 2.80. The van der Waals surface area contributed by atoms with Crippen LogP contribution in [0.15, 0.2) is 24.3 Å². The smallest absolute Gasteiger partial charge is 0.0292 e. The van der Waals surface area contributed by atoms with Crippen LogP contribution in [0.5, 0.6) is 0 Å². The minimum absolute atomic E-state index is 0.528. The maximum Gasteiger partial charge on any atom is 0.0292 e. The fraction of sp³-hybridized carbons (Fsp3) is 0.571. The lowest BCUT2D eigenvalue weighted by Crippen LogP contribution is -2.03. The predicted molar refractivity (Wildman–Crippen MR) is 76.9 cm³/mol. The topological polar surface area (TPSA) is 0 Å². The molecule has 90 valence electrons. The van der Waals surface area contributed by atoms with E-state index in [1.165, 1.54) is 35.5 Å². The molecule has 0 aliphatic carbocycles. The Balaban J connectivity index is 2.51. The van der Waals surface area contributed by atoms with Crippen LogP contribution in [0.1, 0.15) is 36.8 Å². The van der Waals surface area contributed by atoms with Crippen LogP contribution in [0, 0.1) is 6.92 Å². The highest BCUT2D eigenvalue weighted by molar-refractivity contribution is 7.99. The van der Waals surface area contributed by atoms with Gasteiger partial charge in [0.15, 0.2) is 0 Å². The van der Waals surface area contributed by atoms with Crippen molar-refractivity contribution in [3.8, 4) is 0 Å². The van der Waals surface area contributed by atoms with Crippen molar-refractivity contribution in [3.63, 3.8) is 0 Å². The molecule has 2 heteroatoms. The van der Waals surface area contributed by atoms with E-state index in [1.807, 2.05) is 11.8 Å². The van der Waals surface area contributed by atoms with E-state index in [0.717, 1.165) is 5.88 Å². The van der Waals surface area contributed by atoms with Crippen LogP contribution in [-0.2, 0) is 0 Å². The summed E-state index contributed by atoms with van der Waals surface area (Å²) in [6, 6.07) is 8.60. The molecule has 1 unspecified atom stereocenters. The zero-order valence-electron chi connectivity index (χ0n) is 10.2. The number of benzene rings is 1. The minimum atomic E-state index is 0.528. The Hall–Kier alpha value is -0.140. The van der Waals surface area contributed by atoms with Gasteiger partial charge in [0.25, 0.3) is 0 Å². The molecule has 0 spiro atoms. The van der Waals surface area contributed by atoms with Crippen molar-refractivity contribution in [2.75, 3.05) is 17.4 Å². The fourth-order valence-corrected chi connectivity index (χ4v) is 2.92. The normalized spacial score (nSPS) is 12.7. The van der Waals surface area contributed by atoms with E-state index in [4.69, 9.17) is 11.6 Å². The highest BCUT2D eigenvalue weighted by Crippen LogP contribution is 2.26. The van der Waals surface area contributed by atoms with Crippen LogP contribution in [0.3, 0.4) is 0 Å². The number of hydrogen-bond acceptors (Lipinski definition) is 1. The van der Waals surface area contributed by atoms with Gasteiger partial charge in [-0.3, -0.25) is 0 Å². The average Bonchev–Trinajstić information content (AvgIpc) is 2.31. The minimum Gasteiger partial charge on any atom is -0.162 e. The molecule has 1 aromatic carbocycles. The van der Waals surface area contributed by atoms with Gasteiger partial charge in [-0.15, -0.1) is 11.6 Å². The SMILES string of the molecule is CCSCCCC(CCl)c1ccccc1C. The van der Waals surface area contributed by atoms with Crippen LogP contribution >= 0.6 is 23.4 Å². The highest BCUT2D eigenvalue weighted by Gasteiger charge is 2.11. The molecule has 1 aromatic rings. The quantitative estimate of drug-likeness (QED) is 0.496. The van der Waals surface area contributed by atoms with Gasteiger partial charge in [0.2, 0.25) is 0 Å². The molecule has 0 bridgehead atoms. The predicted octanol–water partition coefficient (Wildman–Crippen LogP) is 4.85. The third-order valence-corrected chi connectivity index (χ3v) is 4.22. The second kappa shape index (κ2) is 8.03. The number of halogens is 1. The Kier molecular flexibility index (Phi) is 6.98. The molecule has 0 amide bonds. The summed E-state index contributed by atoms with van der Waals surface area (Å²) in [4.78, 5) is 0. The van der Waals surface area contributed by atoms with Gasteiger partial charge < -0.3 is 0 Å². The molecule has 0 saturated heterocycles. The zero-order valence-corrected chi connectivity index (χ0v) is 11.8. The molecule has 0 heterocycles. The van der Waals surface area contributed by atoms with E-state index in [1.54, 1.807) is 0 Å². The van der Waals surface area contributed by atoms with Crippen molar-refractivity contribution < 1.29 is 0 Å². The van der Waals surface area contributed by atoms with Gasteiger partial charge in [0, 0.05) is 5.88 Å². The number of rotatable bonds is 7. The summed E-state index contributed by atoms with van der Waals surface area (Å²) < 4.78 is 0. The molecule has 16 heavy (non-hydrogen) atoms. The number of alkyl halides is 1. The van der Waals surface area contributed by atoms with Gasteiger partial charge in [-0.2, -0.15) is 11.8 Å². The highest BCUT2D eigenvalue weighted by atomic mass is 35.5. The lowest BCUT2D eigenvalue weighted by atomic mass is 9.93. The Bertz CT molecular complexity index is 299. The third-order valence-electron chi connectivity index (χ3n) is 2.86. The third kappa shape index (κ3) is 4.39. The maximum absolute atomic E-state index is 6.08. The molecule has 0 nitrogen and oxygen atoms in total. The fourth-order valence-electron chi connectivity index (χ4n) is 1.94. The Morgan fingerprint density at radius 2 is 2.06 bits per heavy atom. The standard InChI is InChI=1S/C14H21ClS/c1-3-16-10-6-8-13(11-15)14-9-5-4-7-12(14)2/h4-5,7,9,13H,3,6,8,10-11H2,1-2H3. The molecule has 1 rings (SSSR count). The Morgan fingerprint density at radius 3 is 2.69 bits per heavy atom. The first-order chi connectivity index (χ1) is 7.79. The summed E-state index contributed by atoms with van der Waals surface area (Å²) in [5, 5.41) is 0. The van der Waals surface area contributed by atoms with E-state index < -0.39 is 0 Å². The lowest BCUT2D eigenvalue weighted by Gasteiger charge is -2.16. The summed E-state index contributed by atoms with van der Waals surface area (Å²) in [5.74, 6) is 3.74. The summed E-state index contributed by atoms with van der Waals surface area (Å²) in [7, 11) is 0. The van der Waals surface area contributed by atoms with Crippen molar-refractivity contribution in [3.05, 3.63) is 35.4 Å². The number of thioether (sulfide) groups is 1. The Labute approximate surface area is 109 Å². The number of aryl methyl sites for hydroxylation is 1. The summed E-state index contributed by atoms with van der Waals surface area (Å²) in [6.45, 7) is 4.39. The van der Waals surface area contributed by atoms with E-state index in [0.29, 0.717) is 5.92 Å². The Morgan fingerprint density at radius 1 is 1.31 bits per heavy atom. The summed E-state index contributed by atoms with van der Waals surface area (Å²) in [6.07, 6.45) is 2.48. The van der Waals surface area contributed by atoms with Crippen LogP contribution in [-0.4, -0.2) is 17.4 Å².